The van der Waals surface area contributed by atoms with Gasteiger partial charge in [-0.25, -0.2) is 0 Å². The van der Waals surface area contributed by atoms with Crippen LogP contribution in [0.25, 0.3) is 0 Å². The molecule has 0 N–H and O–H groups in total. The lowest BCUT2D eigenvalue weighted by Crippen LogP contribution is -2.27. The zero-order valence-electron chi connectivity index (χ0n) is 7.69. The smallest absolute Gasteiger partial charge is 0.212 e. The lowest BCUT2D eigenvalue weighted by molar-refractivity contribution is -0.118. The molecule has 0 amide bonds. The monoisotopic (exact) mass is 186 g/mol. The van der Waals surface area contributed by atoms with Crippen molar-refractivity contribution < 1.29 is 9.53 Å². The second-order valence-corrected chi connectivity index (χ2v) is 3.33. The van der Waals surface area contributed by atoms with Crippen LogP contribution < -0.4 is 4.74 Å². The van der Waals surface area contributed by atoms with E-state index in [1.165, 1.54) is 0 Å². The van der Waals surface area contributed by atoms with Crippen LogP contribution in [0.2, 0.25) is 0 Å². The minimum absolute atomic E-state index is 0.167. The van der Waals surface area contributed by atoms with E-state index in [1.807, 2.05) is 24.3 Å². The van der Waals surface area contributed by atoms with Crippen molar-refractivity contribution in [1.82, 2.24) is 0 Å². The summed E-state index contributed by atoms with van der Waals surface area (Å²) in [5.41, 5.74) is 1.06. The lowest BCUT2D eigenvalue weighted by Gasteiger charge is -2.22. The molecule has 0 saturated carbocycles. The SMILES string of the molecule is C#CC(=O)C1COc2ccccc2C1. The number of hydrogen-bond acceptors (Lipinski definition) is 2. The van der Waals surface area contributed by atoms with E-state index >= 15 is 0 Å². The van der Waals surface area contributed by atoms with E-state index in [-0.39, 0.29) is 11.7 Å². The van der Waals surface area contributed by atoms with E-state index in [0.717, 1.165) is 11.3 Å². The molecule has 0 aliphatic carbocycles. The highest BCUT2D eigenvalue weighted by molar-refractivity contribution is 5.97. The van der Waals surface area contributed by atoms with Gasteiger partial charge < -0.3 is 4.74 Å². The molecule has 2 rings (SSSR count). The number of fused-ring (bicyclic) bond motifs is 1. The Balaban J connectivity index is 2.22. The quantitative estimate of drug-likeness (QED) is 0.490. The molecule has 1 aromatic carbocycles. The Kier molecular flexibility index (Phi) is 2.24. The number of terminal acetylenes is 1. The highest BCUT2D eigenvalue weighted by atomic mass is 16.5. The summed E-state index contributed by atoms with van der Waals surface area (Å²) < 4.78 is 5.44. The summed E-state index contributed by atoms with van der Waals surface area (Å²) in [6.07, 6.45) is 5.76. The van der Waals surface area contributed by atoms with Crippen LogP contribution in [0.15, 0.2) is 24.3 Å². The molecule has 1 aliphatic rings. The first-order chi connectivity index (χ1) is 6.81. The van der Waals surface area contributed by atoms with Gasteiger partial charge in [-0.05, 0) is 24.0 Å². The second kappa shape index (κ2) is 3.55. The number of ether oxygens (including phenoxy) is 1. The molecule has 0 aromatic heterocycles. The highest BCUT2D eigenvalue weighted by Crippen LogP contribution is 2.26. The van der Waals surface area contributed by atoms with E-state index in [4.69, 9.17) is 11.2 Å². The average molecular weight is 186 g/mol. The molecule has 70 valence electrons. The van der Waals surface area contributed by atoms with Crippen LogP contribution in [0.1, 0.15) is 5.56 Å². The van der Waals surface area contributed by atoms with Gasteiger partial charge in [0.1, 0.15) is 5.75 Å². The standard InChI is InChI=1S/C12H10O2/c1-2-11(13)10-7-9-5-3-4-6-12(9)14-8-10/h1,3-6,10H,7-8H2. The Morgan fingerprint density at radius 3 is 3.07 bits per heavy atom. The van der Waals surface area contributed by atoms with Crippen molar-refractivity contribution in [3.8, 4) is 18.1 Å². The van der Waals surface area contributed by atoms with Crippen molar-refractivity contribution in [2.75, 3.05) is 6.61 Å². The Labute approximate surface area is 82.9 Å². The second-order valence-electron chi connectivity index (χ2n) is 3.33. The van der Waals surface area contributed by atoms with Crippen molar-refractivity contribution in [3.63, 3.8) is 0 Å². The maximum atomic E-state index is 11.3. The fourth-order valence-corrected chi connectivity index (χ4v) is 1.61. The van der Waals surface area contributed by atoms with Crippen LogP contribution in [0.4, 0.5) is 0 Å². The molecule has 2 heteroatoms. The molecular weight excluding hydrogens is 176 g/mol. The van der Waals surface area contributed by atoms with Gasteiger partial charge >= 0.3 is 0 Å². The summed E-state index contributed by atoms with van der Waals surface area (Å²) in [5, 5.41) is 0. The van der Waals surface area contributed by atoms with Crippen molar-refractivity contribution in [2.45, 2.75) is 6.42 Å². The normalized spacial score (nSPS) is 18.9. The number of para-hydroxylation sites is 1. The highest BCUT2D eigenvalue weighted by Gasteiger charge is 2.24. The van der Waals surface area contributed by atoms with Crippen LogP contribution in [-0.2, 0) is 11.2 Å². The first kappa shape index (κ1) is 8.83. The third-order valence-corrected chi connectivity index (χ3v) is 2.39. The van der Waals surface area contributed by atoms with Gasteiger partial charge in [0.15, 0.2) is 0 Å². The first-order valence-electron chi connectivity index (χ1n) is 4.52. The molecule has 1 aromatic rings. The molecule has 0 saturated heterocycles. The van der Waals surface area contributed by atoms with Crippen LogP contribution in [-0.4, -0.2) is 12.4 Å². The molecule has 1 heterocycles. The number of Topliss-reactive ketones (excluding diaryl/α,β-unsaturated/α-hetero) is 1. The Bertz CT molecular complexity index is 401. The molecule has 1 unspecified atom stereocenters. The molecule has 1 aliphatic heterocycles. The summed E-state index contributed by atoms with van der Waals surface area (Å²) in [4.78, 5) is 11.3. The van der Waals surface area contributed by atoms with Gasteiger partial charge in [0.25, 0.3) is 0 Å². The van der Waals surface area contributed by atoms with Crippen molar-refractivity contribution in [2.24, 2.45) is 5.92 Å². The molecular formula is C12H10O2. The Hall–Kier alpha value is -1.75. The van der Waals surface area contributed by atoms with Crippen molar-refractivity contribution >= 4 is 5.78 Å². The van der Waals surface area contributed by atoms with E-state index in [9.17, 15) is 4.79 Å². The topological polar surface area (TPSA) is 26.3 Å². The zero-order valence-corrected chi connectivity index (χ0v) is 7.69. The van der Waals surface area contributed by atoms with E-state index < -0.39 is 0 Å². The van der Waals surface area contributed by atoms with Gasteiger partial charge in [-0.1, -0.05) is 18.2 Å². The number of rotatable bonds is 1. The first-order valence-corrected chi connectivity index (χ1v) is 4.52. The van der Waals surface area contributed by atoms with Crippen LogP contribution in [0.5, 0.6) is 5.75 Å². The fraction of sp³-hybridized carbons (Fsp3) is 0.250. The minimum atomic E-state index is -0.171. The zero-order chi connectivity index (χ0) is 9.97. The number of hydrogen-bond donors (Lipinski definition) is 0. The third-order valence-electron chi connectivity index (χ3n) is 2.39. The average Bonchev–Trinajstić information content (AvgIpc) is 2.27. The van der Waals surface area contributed by atoms with Gasteiger partial charge in [0.2, 0.25) is 5.78 Å². The summed E-state index contributed by atoms with van der Waals surface area (Å²) in [6, 6.07) is 7.73. The number of carbonyl (C=O) groups is 1. The van der Waals surface area contributed by atoms with E-state index in [1.54, 1.807) is 0 Å². The minimum Gasteiger partial charge on any atom is -0.493 e. The largest absolute Gasteiger partial charge is 0.493 e. The van der Waals surface area contributed by atoms with Gasteiger partial charge in [-0.3, -0.25) is 4.79 Å². The van der Waals surface area contributed by atoms with Gasteiger partial charge in [-0.15, -0.1) is 6.42 Å². The molecule has 0 spiro atoms. The van der Waals surface area contributed by atoms with Gasteiger partial charge in [0, 0.05) is 0 Å². The molecule has 0 radical (unpaired) electrons. The van der Waals surface area contributed by atoms with Crippen LogP contribution in [0, 0.1) is 18.3 Å². The van der Waals surface area contributed by atoms with Crippen LogP contribution in [0.3, 0.4) is 0 Å². The molecule has 0 bridgehead atoms. The number of benzene rings is 1. The van der Waals surface area contributed by atoms with Crippen molar-refractivity contribution in [1.29, 1.82) is 0 Å². The third kappa shape index (κ3) is 1.49. The Morgan fingerprint density at radius 2 is 2.29 bits per heavy atom. The summed E-state index contributed by atoms with van der Waals surface area (Å²) in [7, 11) is 0. The number of ketones is 1. The summed E-state index contributed by atoms with van der Waals surface area (Å²) >= 11 is 0. The number of carbonyl (C=O) groups excluding carboxylic acids is 1. The lowest BCUT2D eigenvalue weighted by atomic mass is 9.93. The summed E-state index contributed by atoms with van der Waals surface area (Å²) in [6.45, 7) is 0.403. The predicted molar refractivity (Wildman–Crippen MR) is 53.0 cm³/mol. The Morgan fingerprint density at radius 1 is 1.50 bits per heavy atom. The van der Waals surface area contributed by atoms with E-state index in [2.05, 4.69) is 5.92 Å². The molecule has 2 nitrogen and oxygen atoms in total. The molecule has 14 heavy (non-hydrogen) atoms. The fourth-order valence-electron chi connectivity index (χ4n) is 1.61. The van der Waals surface area contributed by atoms with Crippen molar-refractivity contribution in [3.05, 3.63) is 29.8 Å². The van der Waals surface area contributed by atoms with E-state index in [0.29, 0.717) is 13.0 Å². The van der Waals surface area contributed by atoms with Gasteiger partial charge in [-0.2, -0.15) is 0 Å². The summed E-state index contributed by atoms with van der Waals surface area (Å²) in [5.74, 6) is 2.68. The maximum Gasteiger partial charge on any atom is 0.212 e. The van der Waals surface area contributed by atoms with Gasteiger partial charge in [0.05, 0.1) is 12.5 Å². The van der Waals surface area contributed by atoms with Crippen LogP contribution >= 0.6 is 0 Å². The predicted octanol–water partition coefficient (Wildman–Crippen LogP) is 1.44. The molecule has 0 fully saturated rings. The molecule has 1 atom stereocenters. The maximum absolute atomic E-state index is 11.3.